The second kappa shape index (κ2) is 7.16. The number of nitrogen functional groups attached to an aromatic ring is 1. The third-order valence-corrected chi connectivity index (χ3v) is 3.78. The molecule has 0 aliphatic rings. The van der Waals surface area contributed by atoms with Crippen LogP contribution >= 0.6 is 0 Å². The number of methoxy groups -OCH3 is 1. The molecule has 0 amide bonds. The third-order valence-electron chi connectivity index (χ3n) is 3.78. The zero-order chi connectivity index (χ0) is 16.9. The van der Waals surface area contributed by atoms with Gasteiger partial charge in [0.2, 0.25) is 5.95 Å². The van der Waals surface area contributed by atoms with E-state index in [0.717, 1.165) is 41.7 Å². The smallest absolute Gasteiger partial charge is 0.222 e. The van der Waals surface area contributed by atoms with Crippen LogP contribution in [0.2, 0.25) is 0 Å². The van der Waals surface area contributed by atoms with E-state index in [2.05, 4.69) is 27.3 Å². The third kappa shape index (κ3) is 3.40. The second-order valence-electron chi connectivity index (χ2n) is 5.58. The molecule has 3 rings (SSSR count). The summed E-state index contributed by atoms with van der Waals surface area (Å²) in [4.78, 5) is 8.56. The number of benzene rings is 1. The molecule has 1 aromatic carbocycles. The minimum Gasteiger partial charge on any atom is -0.496 e. The van der Waals surface area contributed by atoms with Crippen molar-refractivity contribution in [1.29, 1.82) is 0 Å². The largest absolute Gasteiger partial charge is 0.496 e. The van der Waals surface area contributed by atoms with Gasteiger partial charge >= 0.3 is 0 Å². The van der Waals surface area contributed by atoms with Gasteiger partial charge in [0.05, 0.1) is 19.9 Å². The van der Waals surface area contributed by atoms with Crippen LogP contribution in [0, 0.1) is 0 Å². The van der Waals surface area contributed by atoms with Crippen molar-refractivity contribution in [2.24, 2.45) is 0 Å². The van der Waals surface area contributed by atoms with Crippen molar-refractivity contribution in [3.63, 3.8) is 0 Å². The van der Waals surface area contributed by atoms with Crippen LogP contribution in [0.5, 0.6) is 5.75 Å². The number of rotatable bonds is 7. The van der Waals surface area contributed by atoms with Gasteiger partial charge in [-0.3, -0.25) is 4.68 Å². The molecule has 0 bridgehead atoms. The van der Waals surface area contributed by atoms with Crippen LogP contribution in [0.4, 0.5) is 11.8 Å². The van der Waals surface area contributed by atoms with Crippen molar-refractivity contribution in [3.8, 4) is 5.75 Å². The molecule has 0 saturated heterocycles. The second-order valence-corrected chi connectivity index (χ2v) is 5.58. The first-order valence-corrected chi connectivity index (χ1v) is 8.07. The van der Waals surface area contributed by atoms with E-state index in [1.807, 2.05) is 35.1 Å². The Labute approximate surface area is 140 Å². The summed E-state index contributed by atoms with van der Waals surface area (Å²) in [7, 11) is 1.67. The Kier molecular flexibility index (Phi) is 4.79. The maximum Gasteiger partial charge on any atom is 0.222 e. The molecule has 0 saturated carbocycles. The summed E-state index contributed by atoms with van der Waals surface area (Å²) < 4.78 is 7.23. The molecule has 3 aromatic rings. The summed E-state index contributed by atoms with van der Waals surface area (Å²) in [6, 6.07) is 7.89. The van der Waals surface area contributed by atoms with Crippen molar-refractivity contribution >= 4 is 22.8 Å². The maximum absolute atomic E-state index is 5.82. The van der Waals surface area contributed by atoms with E-state index in [4.69, 9.17) is 10.5 Å². The monoisotopic (exact) mass is 326 g/mol. The summed E-state index contributed by atoms with van der Waals surface area (Å²) in [6.45, 7) is 3.57. The molecular weight excluding hydrogens is 304 g/mol. The van der Waals surface area contributed by atoms with E-state index in [0.29, 0.717) is 12.4 Å². The van der Waals surface area contributed by atoms with Crippen LogP contribution in [0.1, 0.15) is 25.3 Å². The van der Waals surface area contributed by atoms with E-state index < -0.39 is 0 Å². The van der Waals surface area contributed by atoms with E-state index in [9.17, 15) is 0 Å². The van der Waals surface area contributed by atoms with Crippen molar-refractivity contribution in [2.75, 3.05) is 24.7 Å². The Balaban J connectivity index is 1.91. The number of anilines is 2. The number of ether oxygens (including phenoxy) is 1. The van der Waals surface area contributed by atoms with E-state index in [1.165, 1.54) is 0 Å². The number of para-hydroxylation sites is 1. The number of unbranched alkanes of at least 4 members (excludes halogenated alkanes) is 1. The van der Waals surface area contributed by atoms with Crippen molar-refractivity contribution in [3.05, 3.63) is 36.0 Å². The van der Waals surface area contributed by atoms with E-state index >= 15 is 0 Å². The van der Waals surface area contributed by atoms with Gasteiger partial charge in [0.1, 0.15) is 11.3 Å². The normalized spacial score (nSPS) is 10.9. The van der Waals surface area contributed by atoms with Gasteiger partial charge in [0.25, 0.3) is 0 Å². The number of hydrogen-bond acceptors (Lipinski definition) is 6. The first-order chi connectivity index (χ1) is 11.7. The molecule has 0 fully saturated rings. The lowest BCUT2D eigenvalue weighted by molar-refractivity contribution is 0.407. The highest BCUT2D eigenvalue weighted by molar-refractivity contribution is 5.85. The van der Waals surface area contributed by atoms with Gasteiger partial charge in [-0.15, -0.1) is 0 Å². The molecule has 0 radical (unpaired) electrons. The Morgan fingerprint density at radius 1 is 1.25 bits per heavy atom. The summed E-state index contributed by atoms with van der Waals surface area (Å²) in [5, 5.41) is 7.92. The van der Waals surface area contributed by atoms with Crippen molar-refractivity contribution in [1.82, 2.24) is 19.7 Å². The van der Waals surface area contributed by atoms with Crippen LogP contribution in [0.3, 0.4) is 0 Å². The van der Waals surface area contributed by atoms with Crippen molar-refractivity contribution in [2.45, 2.75) is 26.3 Å². The Bertz CT molecular complexity index is 829. The molecule has 7 nitrogen and oxygen atoms in total. The van der Waals surface area contributed by atoms with Gasteiger partial charge in [0, 0.05) is 12.1 Å². The number of nitrogens with zero attached hydrogens (tertiary/aromatic N) is 4. The summed E-state index contributed by atoms with van der Waals surface area (Å²) in [5.41, 5.74) is 8.33. The number of aromatic nitrogens is 4. The molecule has 7 heteroatoms. The predicted octanol–water partition coefficient (Wildman–Crippen LogP) is 2.68. The highest BCUT2D eigenvalue weighted by atomic mass is 16.5. The molecule has 0 spiro atoms. The fourth-order valence-electron chi connectivity index (χ4n) is 2.57. The first kappa shape index (κ1) is 16.0. The molecule has 2 aromatic heterocycles. The SMILES string of the molecule is CCCCNc1nc(N)nc2cn(Cc3ccccc3OC)nc12. The predicted molar refractivity (Wildman–Crippen MR) is 95.2 cm³/mol. The van der Waals surface area contributed by atoms with Gasteiger partial charge in [-0.1, -0.05) is 31.5 Å². The Hall–Kier alpha value is -2.83. The number of nitrogens with two attached hydrogens (primary N) is 1. The Morgan fingerprint density at radius 2 is 2.08 bits per heavy atom. The summed E-state index contributed by atoms with van der Waals surface area (Å²) >= 11 is 0. The van der Waals surface area contributed by atoms with Gasteiger partial charge in [-0.05, 0) is 12.5 Å². The molecule has 126 valence electrons. The molecule has 0 aliphatic heterocycles. The first-order valence-electron chi connectivity index (χ1n) is 8.07. The Morgan fingerprint density at radius 3 is 2.88 bits per heavy atom. The topological polar surface area (TPSA) is 90.9 Å². The minimum atomic E-state index is 0.248. The van der Waals surface area contributed by atoms with Crippen molar-refractivity contribution < 1.29 is 4.74 Å². The van der Waals surface area contributed by atoms with Crippen LogP contribution in [0.25, 0.3) is 11.0 Å². The van der Waals surface area contributed by atoms with Gasteiger partial charge in [0.15, 0.2) is 11.3 Å². The molecule has 24 heavy (non-hydrogen) atoms. The fourth-order valence-corrected chi connectivity index (χ4v) is 2.57. The molecule has 0 unspecified atom stereocenters. The minimum absolute atomic E-state index is 0.248. The number of nitrogens with one attached hydrogen (secondary N) is 1. The van der Waals surface area contributed by atoms with Crippen LogP contribution < -0.4 is 15.8 Å². The van der Waals surface area contributed by atoms with E-state index in [-0.39, 0.29) is 5.95 Å². The summed E-state index contributed by atoms with van der Waals surface area (Å²) in [5.74, 6) is 1.77. The van der Waals surface area contributed by atoms with Crippen LogP contribution in [0.15, 0.2) is 30.5 Å². The number of hydrogen-bond donors (Lipinski definition) is 2. The average molecular weight is 326 g/mol. The van der Waals surface area contributed by atoms with Gasteiger partial charge in [-0.25, -0.2) is 4.98 Å². The lowest BCUT2D eigenvalue weighted by atomic mass is 10.2. The zero-order valence-corrected chi connectivity index (χ0v) is 14.0. The van der Waals surface area contributed by atoms with Gasteiger partial charge < -0.3 is 15.8 Å². The van der Waals surface area contributed by atoms with Crippen LogP contribution in [-0.4, -0.2) is 33.4 Å². The molecule has 3 N–H and O–H groups in total. The summed E-state index contributed by atoms with van der Waals surface area (Å²) in [6.07, 6.45) is 4.05. The van der Waals surface area contributed by atoms with Gasteiger partial charge in [-0.2, -0.15) is 10.1 Å². The quantitative estimate of drug-likeness (QED) is 0.649. The lowest BCUT2D eigenvalue weighted by Crippen LogP contribution is -2.06. The van der Waals surface area contributed by atoms with E-state index in [1.54, 1.807) is 7.11 Å². The maximum atomic E-state index is 5.82. The highest BCUT2D eigenvalue weighted by Gasteiger charge is 2.12. The van der Waals surface area contributed by atoms with Crippen LogP contribution in [-0.2, 0) is 6.54 Å². The molecule has 0 aliphatic carbocycles. The highest BCUT2D eigenvalue weighted by Crippen LogP contribution is 2.22. The molecular formula is C17H22N6O. The number of fused-ring (bicyclic) bond motifs is 1. The fraction of sp³-hybridized carbons (Fsp3) is 0.353. The standard InChI is InChI=1S/C17H22N6O/c1-3-4-9-19-16-15-13(20-17(18)21-16)11-23(22-15)10-12-7-5-6-8-14(12)24-2/h5-8,11H,3-4,9-10H2,1-2H3,(H3,18,19,20,21). The average Bonchev–Trinajstić information content (AvgIpc) is 2.98. The zero-order valence-electron chi connectivity index (χ0n) is 14.0. The lowest BCUT2D eigenvalue weighted by Gasteiger charge is -2.07. The molecule has 2 heterocycles. The molecule has 0 atom stereocenters.